The normalized spacial score (nSPS) is 11.9. The van der Waals surface area contributed by atoms with Gasteiger partial charge >= 0.3 is 6.09 Å². The Kier molecular flexibility index (Phi) is 6.58. The summed E-state index contributed by atoms with van der Waals surface area (Å²) >= 11 is 20.1. The number of fused-ring (bicyclic) bond motifs is 2. The second-order valence-electron chi connectivity index (χ2n) is 9.43. The minimum atomic E-state index is -0.671. The van der Waals surface area contributed by atoms with Crippen molar-refractivity contribution in [1.82, 2.24) is 19.5 Å². The molecule has 0 fully saturated rings. The maximum Gasteiger partial charge on any atom is 0.421 e. The largest absolute Gasteiger partial charge is 0.443 e. The maximum atomic E-state index is 12.6. The number of hydrogen-bond acceptors (Lipinski definition) is 6. The fraction of sp³-hybridized carbons (Fsp3) is 0.185. The van der Waals surface area contributed by atoms with E-state index in [0.29, 0.717) is 42.9 Å². The number of hydrogen-bond donors (Lipinski definition) is 1. The van der Waals surface area contributed by atoms with Crippen molar-refractivity contribution in [2.75, 3.05) is 0 Å². The Morgan fingerprint density at radius 1 is 0.973 bits per heavy atom. The zero-order valence-electron chi connectivity index (χ0n) is 20.2. The maximum absolute atomic E-state index is 12.6. The Labute approximate surface area is 228 Å². The minimum absolute atomic E-state index is 0.284. The van der Waals surface area contributed by atoms with E-state index < -0.39 is 11.7 Å². The van der Waals surface area contributed by atoms with Crippen LogP contribution in [-0.2, 0) is 11.3 Å². The fourth-order valence-electron chi connectivity index (χ4n) is 4.06. The van der Waals surface area contributed by atoms with Crippen molar-refractivity contribution in [3.8, 4) is 22.4 Å². The number of carbonyl (C=O) groups is 1. The average molecular weight is 555 g/mol. The van der Waals surface area contributed by atoms with Crippen molar-refractivity contribution in [1.29, 1.82) is 0 Å². The quantitative estimate of drug-likeness (QED) is 0.248. The van der Waals surface area contributed by atoms with Gasteiger partial charge in [-0.15, -0.1) is 0 Å². The van der Waals surface area contributed by atoms with E-state index in [1.54, 1.807) is 33.0 Å². The highest BCUT2D eigenvalue weighted by Gasteiger charge is 2.23. The Bertz CT molecular complexity index is 1690. The molecule has 2 aromatic carbocycles. The molecule has 0 amide bonds. The Balaban J connectivity index is 1.65. The van der Waals surface area contributed by atoms with Crippen molar-refractivity contribution >= 4 is 63.0 Å². The van der Waals surface area contributed by atoms with Crippen LogP contribution >= 0.6 is 34.8 Å². The molecule has 0 atom stereocenters. The van der Waals surface area contributed by atoms with Crippen molar-refractivity contribution in [3.63, 3.8) is 0 Å². The molecule has 0 aliphatic rings. The topological polar surface area (TPSA) is 95.9 Å². The highest BCUT2D eigenvalue weighted by molar-refractivity contribution is 6.41. The molecule has 0 spiro atoms. The first-order valence-electron chi connectivity index (χ1n) is 11.4. The Hall–Kier alpha value is -3.23. The Morgan fingerprint density at radius 2 is 1.70 bits per heavy atom. The molecule has 0 bridgehead atoms. The molecule has 0 unspecified atom stereocenters. The van der Waals surface area contributed by atoms with Crippen LogP contribution in [-0.4, -0.2) is 31.2 Å². The van der Waals surface area contributed by atoms with Gasteiger partial charge in [-0.3, -0.25) is 0 Å². The van der Waals surface area contributed by atoms with Crippen LogP contribution in [0, 0.1) is 0 Å². The highest BCUT2D eigenvalue weighted by atomic mass is 35.5. The Morgan fingerprint density at radius 3 is 2.41 bits per heavy atom. The van der Waals surface area contributed by atoms with E-state index >= 15 is 0 Å². The van der Waals surface area contributed by atoms with E-state index in [-0.39, 0.29) is 12.2 Å². The molecule has 10 heteroatoms. The summed E-state index contributed by atoms with van der Waals surface area (Å²) in [5.41, 5.74) is 10.0. The third kappa shape index (κ3) is 4.64. The molecular weight excluding hydrogens is 533 g/mol. The second-order valence-corrected chi connectivity index (χ2v) is 10.6. The van der Waals surface area contributed by atoms with Gasteiger partial charge in [0.15, 0.2) is 5.65 Å². The first-order chi connectivity index (χ1) is 17.6. The monoisotopic (exact) mass is 553 g/mol. The molecule has 0 radical (unpaired) electrons. The number of nitrogens with two attached hydrogens (primary N) is 1. The number of imidazole rings is 1. The van der Waals surface area contributed by atoms with Crippen LogP contribution in [0.25, 0.3) is 44.5 Å². The third-order valence-electron chi connectivity index (χ3n) is 5.74. The number of ether oxygens (including phenoxy) is 1. The first-order valence-corrected chi connectivity index (χ1v) is 12.5. The number of carbonyl (C=O) groups excluding carboxylic acids is 1. The molecule has 0 aliphatic carbocycles. The predicted molar refractivity (Wildman–Crippen MR) is 148 cm³/mol. The molecule has 188 valence electrons. The number of nitrogens with zero attached hydrogens (tertiary/aromatic N) is 4. The van der Waals surface area contributed by atoms with Crippen molar-refractivity contribution in [2.45, 2.75) is 32.9 Å². The smallest absolute Gasteiger partial charge is 0.421 e. The molecule has 3 heterocycles. The lowest BCUT2D eigenvalue weighted by Gasteiger charge is -2.19. The van der Waals surface area contributed by atoms with Crippen molar-refractivity contribution in [2.24, 2.45) is 5.73 Å². The van der Waals surface area contributed by atoms with Gasteiger partial charge in [-0.05, 0) is 38.5 Å². The van der Waals surface area contributed by atoms with Crippen molar-refractivity contribution < 1.29 is 9.53 Å². The van der Waals surface area contributed by atoms with Crippen molar-refractivity contribution in [3.05, 3.63) is 75.6 Å². The van der Waals surface area contributed by atoms with E-state index in [4.69, 9.17) is 50.3 Å². The first kappa shape index (κ1) is 25.4. The van der Waals surface area contributed by atoms with Gasteiger partial charge in [0.05, 0.1) is 21.3 Å². The summed E-state index contributed by atoms with van der Waals surface area (Å²) in [6.07, 6.45) is 2.31. The minimum Gasteiger partial charge on any atom is -0.443 e. The molecule has 7 nitrogen and oxygen atoms in total. The summed E-state index contributed by atoms with van der Waals surface area (Å²) in [4.78, 5) is 26.2. The summed E-state index contributed by atoms with van der Waals surface area (Å²) in [6.45, 7) is 5.64. The number of benzene rings is 2. The zero-order chi connectivity index (χ0) is 26.5. The molecule has 5 rings (SSSR count). The molecular formula is C27H22Cl3N5O2. The lowest BCUT2D eigenvalue weighted by molar-refractivity contribution is 0.0542. The summed E-state index contributed by atoms with van der Waals surface area (Å²) in [7, 11) is 0. The number of rotatable bonds is 3. The van der Waals surface area contributed by atoms with E-state index in [1.807, 2.05) is 36.4 Å². The summed E-state index contributed by atoms with van der Waals surface area (Å²) in [5, 5.41) is 2.08. The lowest BCUT2D eigenvalue weighted by atomic mass is 10.0. The molecule has 2 N–H and O–H groups in total. The van der Waals surface area contributed by atoms with Crippen LogP contribution in [0.5, 0.6) is 0 Å². The fourth-order valence-corrected chi connectivity index (χ4v) is 4.89. The molecule has 3 aromatic heterocycles. The molecule has 0 saturated carbocycles. The van der Waals surface area contributed by atoms with Gasteiger partial charge < -0.3 is 10.5 Å². The molecule has 5 aromatic rings. The predicted octanol–water partition coefficient (Wildman–Crippen LogP) is 7.52. The summed E-state index contributed by atoms with van der Waals surface area (Å²) < 4.78 is 6.67. The number of pyridine rings is 2. The van der Waals surface area contributed by atoms with Gasteiger partial charge in [0.25, 0.3) is 0 Å². The highest BCUT2D eigenvalue weighted by Crippen LogP contribution is 2.40. The molecule has 0 aliphatic heterocycles. The van der Waals surface area contributed by atoms with E-state index in [9.17, 15) is 4.79 Å². The van der Waals surface area contributed by atoms with Gasteiger partial charge in [-0.25, -0.2) is 24.3 Å². The van der Waals surface area contributed by atoms with Gasteiger partial charge in [-0.1, -0.05) is 65.1 Å². The number of halogens is 3. The number of aromatic nitrogens is 4. The molecule has 0 saturated heterocycles. The van der Waals surface area contributed by atoms with Gasteiger partial charge in [-0.2, -0.15) is 0 Å². The lowest BCUT2D eigenvalue weighted by Crippen LogP contribution is -2.26. The SMILES string of the molecule is CC(C)(C)OC(=O)n1cnc2c(Cl)c(-c3ccc4cc(CN)c(-c5ccccc5Cl)nc4c3Cl)cnc21. The van der Waals surface area contributed by atoms with Crippen LogP contribution in [0.3, 0.4) is 0 Å². The van der Waals surface area contributed by atoms with Crippen LogP contribution in [0.2, 0.25) is 15.1 Å². The van der Waals surface area contributed by atoms with Crippen LogP contribution in [0.1, 0.15) is 26.3 Å². The zero-order valence-corrected chi connectivity index (χ0v) is 22.5. The van der Waals surface area contributed by atoms with E-state index in [2.05, 4.69) is 9.97 Å². The van der Waals surface area contributed by atoms with E-state index in [1.165, 1.54) is 10.9 Å². The third-order valence-corrected chi connectivity index (χ3v) is 6.83. The van der Waals surface area contributed by atoms with Gasteiger partial charge in [0.1, 0.15) is 17.4 Å². The van der Waals surface area contributed by atoms with Gasteiger partial charge in [0.2, 0.25) is 0 Å². The summed E-state index contributed by atoms with van der Waals surface area (Å²) in [5.74, 6) is 0. The van der Waals surface area contributed by atoms with Crippen LogP contribution in [0.4, 0.5) is 4.79 Å². The van der Waals surface area contributed by atoms with E-state index in [0.717, 1.165) is 16.5 Å². The molecule has 37 heavy (non-hydrogen) atoms. The average Bonchev–Trinajstić information content (AvgIpc) is 3.29. The van der Waals surface area contributed by atoms with Crippen LogP contribution in [0.15, 0.2) is 55.0 Å². The second kappa shape index (κ2) is 9.58. The van der Waals surface area contributed by atoms with Gasteiger partial charge in [0, 0.05) is 39.8 Å². The summed E-state index contributed by atoms with van der Waals surface area (Å²) in [6, 6.07) is 13.2. The standard InChI is InChI=1S/C27H22Cl3N5O2/c1-27(2,3)37-26(36)35-13-33-24-21(30)18(12-32-25(24)35)16-9-8-14-10-15(11-31)22(34-23(14)20(16)29)17-6-4-5-7-19(17)28/h4-10,12-13H,11,31H2,1-3H3. The van der Waals surface area contributed by atoms with Crippen LogP contribution < -0.4 is 5.73 Å².